The SMILES string of the molecule is CNC(C)c1cccc(Oc2ccccc2C(C)C)c1. The van der Waals surface area contributed by atoms with E-state index in [1.165, 1.54) is 11.1 Å². The third-order valence-electron chi connectivity index (χ3n) is 3.56. The summed E-state index contributed by atoms with van der Waals surface area (Å²) in [5.74, 6) is 2.28. The van der Waals surface area contributed by atoms with Gasteiger partial charge < -0.3 is 10.1 Å². The van der Waals surface area contributed by atoms with E-state index in [9.17, 15) is 0 Å². The highest BCUT2D eigenvalue weighted by atomic mass is 16.5. The number of nitrogens with one attached hydrogen (secondary N) is 1. The van der Waals surface area contributed by atoms with Crippen LogP contribution in [0.5, 0.6) is 11.5 Å². The van der Waals surface area contributed by atoms with E-state index in [1.807, 2.05) is 31.3 Å². The molecule has 0 aliphatic carbocycles. The molecule has 0 heterocycles. The van der Waals surface area contributed by atoms with Crippen LogP contribution in [-0.4, -0.2) is 7.05 Å². The zero-order valence-corrected chi connectivity index (χ0v) is 12.7. The second kappa shape index (κ2) is 6.58. The topological polar surface area (TPSA) is 21.3 Å². The van der Waals surface area contributed by atoms with Gasteiger partial charge in [0.1, 0.15) is 11.5 Å². The molecule has 106 valence electrons. The van der Waals surface area contributed by atoms with E-state index in [0.29, 0.717) is 12.0 Å². The van der Waals surface area contributed by atoms with Crippen molar-refractivity contribution in [2.45, 2.75) is 32.7 Å². The van der Waals surface area contributed by atoms with Crippen molar-refractivity contribution in [3.8, 4) is 11.5 Å². The molecule has 0 bridgehead atoms. The van der Waals surface area contributed by atoms with Gasteiger partial charge in [0.05, 0.1) is 0 Å². The molecule has 0 spiro atoms. The molecule has 0 amide bonds. The lowest BCUT2D eigenvalue weighted by atomic mass is 10.0. The van der Waals surface area contributed by atoms with Gasteiger partial charge in [0, 0.05) is 6.04 Å². The monoisotopic (exact) mass is 269 g/mol. The molecule has 0 fully saturated rings. The Hall–Kier alpha value is -1.80. The summed E-state index contributed by atoms with van der Waals surface area (Å²) >= 11 is 0. The molecule has 0 aliphatic heterocycles. The van der Waals surface area contributed by atoms with E-state index in [4.69, 9.17) is 4.74 Å². The lowest BCUT2D eigenvalue weighted by Crippen LogP contribution is -2.12. The first-order valence-corrected chi connectivity index (χ1v) is 7.16. The standard InChI is InChI=1S/C18H23NO/c1-13(2)17-10-5-6-11-18(17)20-16-9-7-8-15(12-16)14(3)19-4/h5-14,19H,1-4H3. The van der Waals surface area contributed by atoms with Crippen LogP contribution in [0.1, 0.15) is 43.9 Å². The number of hydrogen-bond donors (Lipinski definition) is 1. The Balaban J connectivity index is 2.26. The average Bonchev–Trinajstić information content (AvgIpc) is 2.47. The van der Waals surface area contributed by atoms with E-state index in [0.717, 1.165) is 11.5 Å². The molecule has 1 N–H and O–H groups in total. The fraction of sp³-hybridized carbons (Fsp3) is 0.333. The summed E-state index contributed by atoms with van der Waals surface area (Å²) in [6.45, 7) is 6.50. The Morgan fingerprint density at radius 1 is 0.950 bits per heavy atom. The average molecular weight is 269 g/mol. The number of para-hydroxylation sites is 1. The van der Waals surface area contributed by atoms with Crippen LogP contribution in [0.2, 0.25) is 0 Å². The van der Waals surface area contributed by atoms with Gasteiger partial charge >= 0.3 is 0 Å². The van der Waals surface area contributed by atoms with Crippen molar-refractivity contribution in [1.82, 2.24) is 5.32 Å². The van der Waals surface area contributed by atoms with Crippen LogP contribution in [-0.2, 0) is 0 Å². The molecular formula is C18H23NO. The molecule has 2 aromatic carbocycles. The summed E-state index contributed by atoms with van der Waals surface area (Å²) in [5.41, 5.74) is 2.46. The molecule has 20 heavy (non-hydrogen) atoms. The van der Waals surface area contributed by atoms with Crippen LogP contribution in [0.3, 0.4) is 0 Å². The first kappa shape index (κ1) is 14.6. The molecule has 2 nitrogen and oxygen atoms in total. The Morgan fingerprint density at radius 3 is 2.40 bits per heavy atom. The number of ether oxygens (including phenoxy) is 1. The molecular weight excluding hydrogens is 246 g/mol. The molecule has 0 saturated heterocycles. The summed E-state index contributed by atoms with van der Waals surface area (Å²) in [7, 11) is 1.96. The predicted molar refractivity (Wildman–Crippen MR) is 84.5 cm³/mol. The molecule has 1 unspecified atom stereocenters. The minimum absolute atomic E-state index is 0.318. The molecule has 0 aromatic heterocycles. The van der Waals surface area contributed by atoms with Crippen LogP contribution in [0.25, 0.3) is 0 Å². The van der Waals surface area contributed by atoms with Crippen molar-refractivity contribution in [3.05, 3.63) is 59.7 Å². The summed E-state index contributed by atoms with van der Waals surface area (Å²) in [6.07, 6.45) is 0. The van der Waals surface area contributed by atoms with E-state index < -0.39 is 0 Å². The van der Waals surface area contributed by atoms with Crippen molar-refractivity contribution in [2.24, 2.45) is 0 Å². The third-order valence-corrected chi connectivity index (χ3v) is 3.56. The maximum Gasteiger partial charge on any atom is 0.130 e. The quantitative estimate of drug-likeness (QED) is 0.835. The summed E-state index contributed by atoms with van der Waals surface area (Å²) in [4.78, 5) is 0. The maximum absolute atomic E-state index is 6.08. The Labute approximate surface area is 121 Å². The third kappa shape index (κ3) is 3.40. The van der Waals surface area contributed by atoms with Gasteiger partial charge in [-0.2, -0.15) is 0 Å². The van der Waals surface area contributed by atoms with Crippen LogP contribution in [0, 0.1) is 0 Å². The number of benzene rings is 2. The fourth-order valence-electron chi connectivity index (χ4n) is 2.19. The molecule has 2 aromatic rings. The van der Waals surface area contributed by atoms with Crippen molar-refractivity contribution in [2.75, 3.05) is 7.05 Å². The van der Waals surface area contributed by atoms with Gasteiger partial charge in [0.15, 0.2) is 0 Å². The minimum atomic E-state index is 0.318. The Bertz CT molecular complexity index is 563. The number of hydrogen-bond acceptors (Lipinski definition) is 2. The van der Waals surface area contributed by atoms with Crippen LogP contribution in [0.15, 0.2) is 48.5 Å². The van der Waals surface area contributed by atoms with E-state index in [2.05, 4.69) is 50.4 Å². The van der Waals surface area contributed by atoms with Gasteiger partial charge in [0.2, 0.25) is 0 Å². The lowest BCUT2D eigenvalue weighted by molar-refractivity contribution is 0.471. The second-order valence-electron chi connectivity index (χ2n) is 5.38. The smallest absolute Gasteiger partial charge is 0.130 e. The zero-order valence-electron chi connectivity index (χ0n) is 12.7. The van der Waals surface area contributed by atoms with Crippen molar-refractivity contribution in [1.29, 1.82) is 0 Å². The predicted octanol–water partition coefficient (Wildman–Crippen LogP) is 4.88. The van der Waals surface area contributed by atoms with Gasteiger partial charge in [-0.3, -0.25) is 0 Å². The zero-order chi connectivity index (χ0) is 14.5. The molecule has 0 saturated carbocycles. The summed E-state index contributed by atoms with van der Waals surface area (Å²) < 4.78 is 6.08. The normalized spacial score (nSPS) is 12.4. The molecule has 2 rings (SSSR count). The van der Waals surface area contributed by atoms with E-state index in [1.54, 1.807) is 0 Å². The lowest BCUT2D eigenvalue weighted by Gasteiger charge is -2.15. The highest BCUT2D eigenvalue weighted by molar-refractivity contribution is 5.40. The molecule has 0 aliphatic rings. The van der Waals surface area contributed by atoms with Crippen LogP contribution >= 0.6 is 0 Å². The van der Waals surface area contributed by atoms with Crippen molar-refractivity contribution in [3.63, 3.8) is 0 Å². The van der Waals surface area contributed by atoms with Gasteiger partial charge in [0.25, 0.3) is 0 Å². The van der Waals surface area contributed by atoms with Gasteiger partial charge in [-0.1, -0.05) is 44.2 Å². The van der Waals surface area contributed by atoms with Crippen LogP contribution < -0.4 is 10.1 Å². The highest BCUT2D eigenvalue weighted by Crippen LogP contribution is 2.31. The fourth-order valence-corrected chi connectivity index (χ4v) is 2.19. The highest BCUT2D eigenvalue weighted by Gasteiger charge is 2.09. The second-order valence-corrected chi connectivity index (χ2v) is 5.38. The first-order valence-electron chi connectivity index (χ1n) is 7.16. The summed E-state index contributed by atoms with van der Waals surface area (Å²) in [6, 6.07) is 16.8. The summed E-state index contributed by atoms with van der Waals surface area (Å²) in [5, 5.41) is 3.25. The number of rotatable bonds is 5. The van der Waals surface area contributed by atoms with Gasteiger partial charge in [-0.05, 0) is 49.2 Å². The molecule has 0 radical (unpaired) electrons. The first-order chi connectivity index (χ1) is 9.61. The van der Waals surface area contributed by atoms with Gasteiger partial charge in [-0.25, -0.2) is 0 Å². The van der Waals surface area contributed by atoms with E-state index in [-0.39, 0.29) is 0 Å². The molecule has 1 atom stereocenters. The van der Waals surface area contributed by atoms with Crippen LogP contribution in [0.4, 0.5) is 0 Å². The minimum Gasteiger partial charge on any atom is -0.457 e. The molecule has 2 heteroatoms. The van der Waals surface area contributed by atoms with Gasteiger partial charge in [-0.15, -0.1) is 0 Å². The van der Waals surface area contributed by atoms with Crippen molar-refractivity contribution >= 4 is 0 Å². The van der Waals surface area contributed by atoms with E-state index >= 15 is 0 Å². The largest absolute Gasteiger partial charge is 0.457 e. The Kier molecular flexibility index (Phi) is 4.80. The Morgan fingerprint density at radius 2 is 1.70 bits per heavy atom. The maximum atomic E-state index is 6.08. The van der Waals surface area contributed by atoms with Crippen molar-refractivity contribution < 1.29 is 4.74 Å².